The number of aromatic nitrogens is 3. The molecule has 2 heterocycles. The number of benzene rings is 1. The van der Waals surface area contributed by atoms with E-state index < -0.39 is 0 Å². The molecule has 2 aromatic heterocycles. The highest BCUT2D eigenvalue weighted by molar-refractivity contribution is 7.99. The molecule has 1 aromatic carbocycles. The molecule has 1 amide bonds. The predicted molar refractivity (Wildman–Crippen MR) is 120 cm³/mol. The number of nitrogens with zero attached hydrogens (tertiary/aromatic N) is 3. The Hall–Kier alpha value is -2.54. The van der Waals surface area contributed by atoms with Crippen molar-refractivity contribution in [2.24, 2.45) is 0 Å². The number of thioether (sulfide) groups is 1. The summed E-state index contributed by atoms with van der Waals surface area (Å²) in [6.45, 7) is 6.69. The number of amides is 1. The topological polar surface area (TPSA) is 68.9 Å². The second-order valence-corrected chi connectivity index (χ2v) is 8.30. The number of rotatable bonds is 9. The van der Waals surface area contributed by atoms with Gasteiger partial charge in [-0.1, -0.05) is 25.1 Å². The van der Waals surface area contributed by atoms with E-state index in [1.54, 1.807) is 0 Å². The molecule has 154 valence electrons. The third-order valence-corrected chi connectivity index (χ3v) is 6.22. The van der Waals surface area contributed by atoms with Crippen LogP contribution in [0.3, 0.4) is 0 Å². The van der Waals surface area contributed by atoms with Gasteiger partial charge in [-0.25, -0.2) is 4.98 Å². The molecule has 0 unspecified atom stereocenters. The van der Waals surface area contributed by atoms with E-state index in [4.69, 9.17) is 0 Å². The summed E-state index contributed by atoms with van der Waals surface area (Å²) in [5.41, 5.74) is 3.28. The minimum Gasteiger partial charge on any atom is -0.355 e. The molecule has 7 heteroatoms. The number of nitrogens with one attached hydrogen (secondary N) is 1. The highest BCUT2D eigenvalue weighted by atomic mass is 32.2. The van der Waals surface area contributed by atoms with Crippen molar-refractivity contribution in [3.8, 4) is 5.69 Å². The van der Waals surface area contributed by atoms with E-state index in [2.05, 4.69) is 17.2 Å². The van der Waals surface area contributed by atoms with Crippen LogP contribution in [0.15, 0.2) is 41.5 Å². The Bertz CT molecular complexity index is 1040. The third kappa shape index (κ3) is 4.72. The number of carbonyl (C=O) groups is 1. The molecule has 3 rings (SSSR count). The molecule has 1 N–H and O–H groups in total. The predicted octanol–water partition coefficient (Wildman–Crippen LogP) is 3.45. The zero-order chi connectivity index (χ0) is 20.8. The van der Waals surface area contributed by atoms with Gasteiger partial charge in [0.1, 0.15) is 12.9 Å². The summed E-state index contributed by atoms with van der Waals surface area (Å²) < 4.78 is 3.38. The lowest BCUT2D eigenvalue weighted by atomic mass is 10.2. The molecule has 0 aliphatic carbocycles. The maximum Gasteiger partial charge on any atom is 0.263 e. The first-order valence-corrected chi connectivity index (χ1v) is 11.2. The van der Waals surface area contributed by atoms with Crippen LogP contribution in [0.4, 0.5) is 0 Å². The average molecular weight is 413 g/mol. The smallest absolute Gasteiger partial charge is 0.263 e. The van der Waals surface area contributed by atoms with Gasteiger partial charge in [0, 0.05) is 17.9 Å². The van der Waals surface area contributed by atoms with E-state index in [9.17, 15) is 9.59 Å². The summed E-state index contributed by atoms with van der Waals surface area (Å²) in [5, 5.41) is 3.46. The van der Waals surface area contributed by atoms with Crippen LogP contribution in [0.1, 0.15) is 31.0 Å². The van der Waals surface area contributed by atoms with Gasteiger partial charge in [-0.05, 0) is 55.9 Å². The Kier molecular flexibility index (Phi) is 7.14. The van der Waals surface area contributed by atoms with Gasteiger partial charge in [0.05, 0.1) is 5.39 Å². The largest absolute Gasteiger partial charge is 0.355 e. The van der Waals surface area contributed by atoms with Gasteiger partial charge in [-0.2, -0.15) is 11.8 Å². The molecule has 0 spiro atoms. The van der Waals surface area contributed by atoms with Crippen molar-refractivity contribution in [3.05, 3.63) is 58.3 Å². The minimum absolute atomic E-state index is 0.0150. The Balaban J connectivity index is 1.78. The van der Waals surface area contributed by atoms with Gasteiger partial charge in [0.2, 0.25) is 5.91 Å². The van der Waals surface area contributed by atoms with E-state index in [1.807, 2.05) is 60.5 Å². The fraction of sp³-hybridized carbons (Fsp3) is 0.409. The summed E-state index contributed by atoms with van der Waals surface area (Å²) in [5.74, 6) is 2.02. The number of para-hydroxylation sites is 1. The molecule has 0 aliphatic rings. The van der Waals surface area contributed by atoms with Gasteiger partial charge in [0.25, 0.3) is 5.56 Å². The Morgan fingerprint density at radius 2 is 1.93 bits per heavy atom. The van der Waals surface area contributed by atoms with Gasteiger partial charge < -0.3 is 5.32 Å². The van der Waals surface area contributed by atoms with E-state index in [-0.39, 0.29) is 18.0 Å². The summed E-state index contributed by atoms with van der Waals surface area (Å²) in [6, 6.07) is 9.86. The molecule has 6 nitrogen and oxygen atoms in total. The summed E-state index contributed by atoms with van der Waals surface area (Å²) in [4.78, 5) is 29.8. The molecule has 0 radical (unpaired) electrons. The second kappa shape index (κ2) is 9.78. The lowest BCUT2D eigenvalue weighted by Crippen LogP contribution is -2.33. The van der Waals surface area contributed by atoms with Gasteiger partial charge in [0.15, 0.2) is 5.65 Å². The lowest BCUT2D eigenvalue weighted by Gasteiger charge is -2.09. The number of hydrogen-bond donors (Lipinski definition) is 1. The number of hydrogen-bond acceptors (Lipinski definition) is 4. The van der Waals surface area contributed by atoms with E-state index in [0.717, 1.165) is 34.9 Å². The van der Waals surface area contributed by atoms with Crippen molar-refractivity contribution in [3.63, 3.8) is 0 Å². The van der Waals surface area contributed by atoms with Crippen molar-refractivity contribution in [2.75, 3.05) is 18.1 Å². The zero-order valence-electron chi connectivity index (χ0n) is 17.3. The number of aryl methyl sites for hydroxylation is 1. The monoisotopic (exact) mass is 412 g/mol. The Morgan fingerprint density at radius 3 is 2.66 bits per heavy atom. The molecule has 0 saturated heterocycles. The maximum atomic E-state index is 13.1. The van der Waals surface area contributed by atoms with E-state index in [1.165, 1.54) is 17.3 Å². The van der Waals surface area contributed by atoms with E-state index >= 15 is 0 Å². The number of fused-ring (bicyclic) bond motifs is 1. The van der Waals surface area contributed by atoms with Crippen LogP contribution in [-0.2, 0) is 11.3 Å². The van der Waals surface area contributed by atoms with Crippen molar-refractivity contribution in [2.45, 2.75) is 40.2 Å². The van der Waals surface area contributed by atoms with Crippen LogP contribution in [0, 0.1) is 13.8 Å². The molecular weight excluding hydrogens is 384 g/mol. The fourth-order valence-electron chi connectivity index (χ4n) is 3.35. The van der Waals surface area contributed by atoms with Crippen LogP contribution in [-0.4, -0.2) is 38.1 Å². The standard InChI is InChI=1S/C22H28N4O2S/c1-4-12-29-13-8-11-23-19(27)14-25-15-24-21-20(22(25)28)16(2)17(3)26(21)18-9-6-5-7-10-18/h5-7,9-10,15H,4,8,11-14H2,1-3H3,(H,23,27). The molecule has 0 saturated carbocycles. The van der Waals surface area contributed by atoms with Crippen molar-refractivity contribution < 1.29 is 4.79 Å². The quantitative estimate of drug-likeness (QED) is 0.547. The van der Waals surface area contributed by atoms with Crippen molar-refractivity contribution >= 4 is 28.7 Å². The Labute approximate surface area is 175 Å². The average Bonchev–Trinajstić information content (AvgIpc) is 2.98. The SMILES string of the molecule is CCCSCCCNC(=O)Cn1cnc2c(c(C)c(C)n2-c2ccccc2)c1=O. The van der Waals surface area contributed by atoms with Crippen LogP contribution in [0.5, 0.6) is 0 Å². The van der Waals surface area contributed by atoms with Crippen LogP contribution >= 0.6 is 11.8 Å². The highest BCUT2D eigenvalue weighted by Gasteiger charge is 2.18. The summed E-state index contributed by atoms with van der Waals surface area (Å²) >= 11 is 1.90. The Morgan fingerprint density at radius 1 is 1.17 bits per heavy atom. The molecule has 0 atom stereocenters. The van der Waals surface area contributed by atoms with Crippen LogP contribution < -0.4 is 10.9 Å². The lowest BCUT2D eigenvalue weighted by molar-refractivity contribution is -0.121. The minimum atomic E-state index is -0.182. The number of carbonyl (C=O) groups excluding carboxylic acids is 1. The highest BCUT2D eigenvalue weighted by Crippen LogP contribution is 2.24. The fourth-order valence-corrected chi connectivity index (χ4v) is 4.19. The zero-order valence-corrected chi connectivity index (χ0v) is 18.1. The maximum absolute atomic E-state index is 13.1. The van der Waals surface area contributed by atoms with Crippen molar-refractivity contribution in [1.82, 2.24) is 19.4 Å². The first-order chi connectivity index (χ1) is 14.0. The van der Waals surface area contributed by atoms with Gasteiger partial charge >= 0.3 is 0 Å². The molecule has 0 aliphatic heterocycles. The molecule has 0 bridgehead atoms. The van der Waals surface area contributed by atoms with Crippen LogP contribution in [0.25, 0.3) is 16.7 Å². The van der Waals surface area contributed by atoms with Crippen molar-refractivity contribution in [1.29, 1.82) is 0 Å². The molecule has 29 heavy (non-hydrogen) atoms. The summed E-state index contributed by atoms with van der Waals surface area (Å²) in [6.07, 6.45) is 3.57. The summed E-state index contributed by atoms with van der Waals surface area (Å²) in [7, 11) is 0. The van der Waals surface area contributed by atoms with Gasteiger partial charge in [-0.15, -0.1) is 0 Å². The second-order valence-electron chi connectivity index (χ2n) is 7.07. The first kappa shape index (κ1) is 21.2. The first-order valence-electron chi connectivity index (χ1n) is 10.0. The van der Waals surface area contributed by atoms with E-state index in [0.29, 0.717) is 17.6 Å². The molecule has 3 aromatic rings. The van der Waals surface area contributed by atoms with Gasteiger partial charge in [-0.3, -0.25) is 18.7 Å². The third-order valence-electron chi connectivity index (χ3n) is 4.95. The normalized spacial score (nSPS) is 11.1. The molecule has 0 fully saturated rings. The van der Waals surface area contributed by atoms with Crippen LogP contribution in [0.2, 0.25) is 0 Å². The molecular formula is C22H28N4O2S.